The fourth-order valence-electron chi connectivity index (χ4n) is 1.96. The molecule has 0 aliphatic rings. The molecule has 0 aliphatic carbocycles. The van der Waals surface area contributed by atoms with Gasteiger partial charge in [0.05, 0.1) is 15.8 Å². The second kappa shape index (κ2) is 4.71. The van der Waals surface area contributed by atoms with Crippen LogP contribution < -0.4 is 0 Å². The van der Waals surface area contributed by atoms with Crippen LogP contribution in [0.3, 0.4) is 0 Å². The van der Waals surface area contributed by atoms with Gasteiger partial charge in [-0.2, -0.15) is 13.2 Å². The van der Waals surface area contributed by atoms with Crippen LogP contribution in [0.4, 0.5) is 13.2 Å². The van der Waals surface area contributed by atoms with E-state index in [4.69, 9.17) is 11.6 Å². The zero-order chi connectivity index (χ0) is 14.3. The Labute approximate surface area is 120 Å². The lowest BCUT2D eigenvalue weighted by atomic mass is 10.0. The zero-order valence-electron chi connectivity index (χ0n) is 9.78. The molecule has 0 N–H and O–H groups in total. The van der Waals surface area contributed by atoms with Crippen molar-refractivity contribution in [3.8, 4) is 11.1 Å². The number of thiophene rings is 1. The number of hydrogen-bond acceptors (Lipinski definition) is 3. The van der Waals surface area contributed by atoms with Crippen LogP contribution >= 0.6 is 22.9 Å². The summed E-state index contributed by atoms with van der Waals surface area (Å²) in [6, 6.07) is 5.42. The van der Waals surface area contributed by atoms with Crippen LogP contribution in [-0.2, 0) is 6.18 Å². The van der Waals surface area contributed by atoms with Gasteiger partial charge in [0, 0.05) is 17.1 Å². The average molecular weight is 315 g/mol. The number of hydrogen-bond donors (Lipinski definition) is 0. The first-order valence-corrected chi connectivity index (χ1v) is 6.79. The molecule has 3 aromatic rings. The maximum Gasteiger partial charge on any atom is 0.417 e. The number of alkyl halides is 3. The lowest BCUT2D eigenvalue weighted by Crippen LogP contribution is -2.06. The summed E-state index contributed by atoms with van der Waals surface area (Å²) < 4.78 is 39.9. The van der Waals surface area contributed by atoms with Gasteiger partial charge >= 0.3 is 6.18 Å². The molecule has 0 unspecified atom stereocenters. The lowest BCUT2D eigenvalue weighted by molar-refractivity contribution is -0.137. The number of benzene rings is 1. The van der Waals surface area contributed by atoms with E-state index in [9.17, 15) is 13.2 Å². The molecule has 0 aliphatic heterocycles. The van der Waals surface area contributed by atoms with Gasteiger partial charge in [-0.1, -0.05) is 18.2 Å². The highest BCUT2D eigenvalue weighted by Gasteiger charge is 2.33. The Morgan fingerprint density at radius 3 is 2.60 bits per heavy atom. The third-order valence-corrected chi connectivity index (χ3v) is 3.90. The Hall–Kier alpha value is -1.66. The Kier molecular flexibility index (Phi) is 3.14. The SMILES string of the molecule is FC(F)(F)c1ccccc1-c1csc2cnc(Cl)nc12. The van der Waals surface area contributed by atoms with Crippen molar-refractivity contribution in [2.24, 2.45) is 0 Å². The number of halogens is 4. The average Bonchev–Trinajstić information content (AvgIpc) is 2.80. The molecule has 0 saturated heterocycles. The fourth-order valence-corrected chi connectivity index (χ4v) is 2.96. The van der Waals surface area contributed by atoms with Crippen LogP contribution in [0.2, 0.25) is 5.28 Å². The van der Waals surface area contributed by atoms with Gasteiger partial charge in [-0.15, -0.1) is 11.3 Å². The van der Waals surface area contributed by atoms with E-state index in [1.807, 2.05) is 0 Å². The molecule has 0 bridgehead atoms. The first-order chi connectivity index (χ1) is 9.47. The summed E-state index contributed by atoms with van der Waals surface area (Å²) in [5.74, 6) is 0. The highest BCUT2D eigenvalue weighted by Crippen LogP contribution is 2.40. The molecule has 0 atom stereocenters. The van der Waals surface area contributed by atoms with Gasteiger partial charge in [-0.25, -0.2) is 9.97 Å². The van der Waals surface area contributed by atoms with Crippen molar-refractivity contribution in [3.63, 3.8) is 0 Å². The van der Waals surface area contributed by atoms with Crippen LogP contribution in [0.5, 0.6) is 0 Å². The smallest absolute Gasteiger partial charge is 0.225 e. The minimum absolute atomic E-state index is 0.0154. The Morgan fingerprint density at radius 2 is 1.85 bits per heavy atom. The molecule has 2 aromatic heterocycles. The fraction of sp³-hybridized carbons (Fsp3) is 0.0769. The Balaban J connectivity index is 2.29. The van der Waals surface area contributed by atoms with Crippen molar-refractivity contribution in [1.29, 1.82) is 0 Å². The Bertz CT molecular complexity index is 783. The summed E-state index contributed by atoms with van der Waals surface area (Å²) in [5, 5.41) is 1.65. The van der Waals surface area contributed by atoms with E-state index in [-0.39, 0.29) is 10.8 Å². The standard InChI is InChI=1S/C13H6ClF3N2S/c14-12-18-5-10-11(19-12)8(6-20-10)7-3-1-2-4-9(7)13(15,16)17/h1-6H. The van der Waals surface area contributed by atoms with Crippen LogP contribution in [0, 0.1) is 0 Å². The van der Waals surface area contributed by atoms with E-state index in [0.29, 0.717) is 15.8 Å². The summed E-state index contributed by atoms with van der Waals surface area (Å²) in [5.41, 5.74) is 0.268. The summed E-state index contributed by atoms with van der Waals surface area (Å²) in [7, 11) is 0. The second-order valence-corrected chi connectivity index (χ2v) is 5.29. The minimum atomic E-state index is -4.42. The number of fused-ring (bicyclic) bond motifs is 1. The van der Waals surface area contributed by atoms with E-state index in [1.165, 1.54) is 29.7 Å². The van der Waals surface area contributed by atoms with Gasteiger partial charge in [-0.3, -0.25) is 0 Å². The predicted octanol–water partition coefficient (Wildman–Crippen LogP) is 5.03. The van der Waals surface area contributed by atoms with Gasteiger partial charge in [-0.05, 0) is 23.2 Å². The molecule has 2 heterocycles. The van der Waals surface area contributed by atoms with Gasteiger partial charge in [0.15, 0.2) is 0 Å². The molecule has 1 aromatic carbocycles. The minimum Gasteiger partial charge on any atom is -0.225 e. The van der Waals surface area contributed by atoms with Crippen molar-refractivity contribution in [3.05, 3.63) is 46.7 Å². The van der Waals surface area contributed by atoms with Crippen molar-refractivity contribution in [2.75, 3.05) is 0 Å². The highest BCUT2D eigenvalue weighted by molar-refractivity contribution is 7.17. The van der Waals surface area contributed by atoms with E-state index in [2.05, 4.69) is 9.97 Å². The molecular formula is C13H6ClF3N2S. The normalized spacial score (nSPS) is 12.0. The highest BCUT2D eigenvalue weighted by atomic mass is 35.5. The van der Waals surface area contributed by atoms with Gasteiger partial charge in [0.1, 0.15) is 0 Å². The molecule has 2 nitrogen and oxygen atoms in total. The second-order valence-electron chi connectivity index (χ2n) is 4.04. The van der Waals surface area contributed by atoms with E-state index < -0.39 is 11.7 Å². The maximum absolute atomic E-state index is 13.1. The molecular weight excluding hydrogens is 309 g/mol. The molecule has 0 amide bonds. The molecule has 0 radical (unpaired) electrons. The van der Waals surface area contributed by atoms with E-state index in [0.717, 1.165) is 6.07 Å². The molecule has 0 saturated carbocycles. The molecule has 0 fully saturated rings. The first kappa shape index (κ1) is 13.3. The van der Waals surface area contributed by atoms with Crippen LogP contribution in [0.1, 0.15) is 5.56 Å². The number of rotatable bonds is 1. The van der Waals surface area contributed by atoms with E-state index in [1.54, 1.807) is 11.4 Å². The first-order valence-electron chi connectivity index (χ1n) is 5.53. The molecule has 0 spiro atoms. The third kappa shape index (κ3) is 2.25. The topological polar surface area (TPSA) is 25.8 Å². The Morgan fingerprint density at radius 1 is 1.10 bits per heavy atom. The lowest BCUT2D eigenvalue weighted by Gasteiger charge is -2.11. The van der Waals surface area contributed by atoms with Crippen molar-refractivity contribution in [1.82, 2.24) is 9.97 Å². The predicted molar refractivity (Wildman–Crippen MR) is 72.9 cm³/mol. The monoisotopic (exact) mass is 314 g/mol. The summed E-state index contributed by atoms with van der Waals surface area (Å²) >= 11 is 7.01. The van der Waals surface area contributed by atoms with Gasteiger partial charge in [0.25, 0.3) is 0 Å². The quantitative estimate of drug-likeness (QED) is 0.589. The van der Waals surface area contributed by atoms with Crippen molar-refractivity contribution < 1.29 is 13.2 Å². The molecule has 3 rings (SSSR count). The zero-order valence-corrected chi connectivity index (χ0v) is 11.4. The summed E-state index contributed by atoms with van der Waals surface area (Å²) in [6.07, 6.45) is -2.91. The van der Waals surface area contributed by atoms with E-state index >= 15 is 0 Å². The van der Waals surface area contributed by atoms with Gasteiger partial charge < -0.3 is 0 Å². The van der Waals surface area contributed by atoms with Crippen molar-refractivity contribution >= 4 is 33.2 Å². The van der Waals surface area contributed by atoms with Gasteiger partial charge in [0.2, 0.25) is 5.28 Å². The molecule has 7 heteroatoms. The number of nitrogens with zero attached hydrogens (tertiary/aromatic N) is 2. The third-order valence-electron chi connectivity index (χ3n) is 2.81. The molecule has 20 heavy (non-hydrogen) atoms. The van der Waals surface area contributed by atoms with Crippen molar-refractivity contribution in [2.45, 2.75) is 6.18 Å². The largest absolute Gasteiger partial charge is 0.417 e. The number of aromatic nitrogens is 2. The van der Waals surface area contributed by atoms with Crippen LogP contribution in [0.25, 0.3) is 21.3 Å². The molecule has 102 valence electrons. The van der Waals surface area contributed by atoms with Crippen LogP contribution in [0.15, 0.2) is 35.8 Å². The summed E-state index contributed by atoms with van der Waals surface area (Å²) in [6.45, 7) is 0. The summed E-state index contributed by atoms with van der Waals surface area (Å²) in [4.78, 5) is 7.86. The maximum atomic E-state index is 13.1. The van der Waals surface area contributed by atoms with Crippen LogP contribution in [-0.4, -0.2) is 9.97 Å².